The van der Waals surface area contributed by atoms with Crippen LogP contribution in [0.5, 0.6) is 5.75 Å². The molecule has 8 heteroatoms. The SMILES string of the molecule is COc1cccc(-c2noc([C@H]3CN(C(=O)CN4Cc5ccccc5C4)CCO3)n2)c1. The van der Waals surface area contributed by atoms with Crippen molar-refractivity contribution in [3.8, 4) is 17.1 Å². The number of hydrogen-bond donors (Lipinski definition) is 0. The molecule has 2 aliphatic heterocycles. The molecular weight excluding hydrogens is 396 g/mol. The monoisotopic (exact) mass is 420 g/mol. The van der Waals surface area contributed by atoms with E-state index in [0.717, 1.165) is 24.4 Å². The van der Waals surface area contributed by atoms with Gasteiger partial charge in [0.05, 0.1) is 26.8 Å². The molecule has 3 aromatic rings. The highest BCUT2D eigenvalue weighted by molar-refractivity contribution is 5.78. The molecule has 160 valence electrons. The van der Waals surface area contributed by atoms with Gasteiger partial charge in [-0.05, 0) is 23.3 Å². The van der Waals surface area contributed by atoms with Crippen LogP contribution >= 0.6 is 0 Å². The summed E-state index contributed by atoms with van der Waals surface area (Å²) in [5.74, 6) is 1.66. The van der Waals surface area contributed by atoms with Crippen LogP contribution in [0.15, 0.2) is 53.1 Å². The summed E-state index contributed by atoms with van der Waals surface area (Å²) in [4.78, 5) is 21.4. The molecule has 1 fully saturated rings. The zero-order valence-corrected chi connectivity index (χ0v) is 17.4. The maximum atomic E-state index is 12.9. The van der Waals surface area contributed by atoms with Gasteiger partial charge in [0, 0.05) is 25.2 Å². The van der Waals surface area contributed by atoms with E-state index in [1.54, 1.807) is 7.11 Å². The van der Waals surface area contributed by atoms with Gasteiger partial charge in [0.15, 0.2) is 6.10 Å². The van der Waals surface area contributed by atoms with E-state index in [2.05, 4.69) is 27.2 Å². The first-order valence-electron chi connectivity index (χ1n) is 10.4. The molecular formula is C23H24N4O4. The number of carbonyl (C=O) groups is 1. The van der Waals surface area contributed by atoms with Crippen LogP contribution in [0.4, 0.5) is 0 Å². The van der Waals surface area contributed by atoms with Crippen molar-refractivity contribution in [1.82, 2.24) is 19.9 Å². The normalized spacial score (nSPS) is 18.7. The molecule has 3 heterocycles. The molecule has 1 atom stereocenters. The third-order valence-electron chi connectivity index (χ3n) is 5.73. The quantitative estimate of drug-likeness (QED) is 0.628. The van der Waals surface area contributed by atoms with E-state index in [4.69, 9.17) is 14.0 Å². The number of rotatable bonds is 5. The second kappa shape index (κ2) is 8.49. The molecule has 2 aromatic carbocycles. The standard InChI is InChI=1S/C23H24N4O4/c1-29-19-8-4-7-16(11-19)22-24-23(31-25-22)20-14-27(9-10-30-20)21(28)15-26-12-17-5-2-3-6-18(17)13-26/h2-8,11,20H,9-10,12-15H2,1H3/t20-/m1/s1. The summed E-state index contributed by atoms with van der Waals surface area (Å²) >= 11 is 0. The topological polar surface area (TPSA) is 80.9 Å². The molecule has 0 unspecified atom stereocenters. The molecule has 0 radical (unpaired) electrons. The fourth-order valence-corrected chi connectivity index (χ4v) is 4.08. The average molecular weight is 420 g/mol. The molecule has 1 amide bonds. The Labute approximate surface area is 180 Å². The van der Waals surface area contributed by atoms with Crippen LogP contribution in [0.1, 0.15) is 23.1 Å². The van der Waals surface area contributed by atoms with Crippen molar-refractivity contribution < 1.29 is 18.8 Å². The molecule has 1 aromatic heterocycles. The van der Waals surface area contributed by atoms with Gasteiger partial charge in [-0.25, -0.2) is 0 Å². The van der Waals surface area contributed by atoms with Gasteiger partial charge in [0.25, 0.3) is 5.89 Å². The highest BCUT2D eigenvalue weighted by Gasteiger charge is 2.31. The molecule has 2 aliphatic rings. The second-order valence-corrected chi connectivity index (χ2v) is 7.80. The summed E-state index contributed by atoms with van der Waals surface area (Å²) in [5, 5.41) is 4.08. The molecule has 0 saturated carbocycles. The summed E-state index contributed by atoms with van der Waals surface area (Å²) in [6, 6.07) is 15.8. The smallest absolute Gasteiger partial charge is 0.257 e. The van der Waals surface area contributed by atoms with Crippen LogP contribution in [0.2, 0.25) is 0 Å². The Morgan fingerprint density at radius 2 is 1.97 bits per heavy atom. The fourth-order valence-electron chi connectivity index (χ4n) is 4.08. The van der Waals surface area contributed by atoms with Crippen LogP contribution < -0.4 is 4.74 Å². The van der Waals surface area contributed by atoms with Gasteiger partial charge >= 0.3 is 0 Å². The Morgan fingerprint density at radius 1 is 1.16 bits per heavy atom. The van der Waals surface area contributed by atoms with Crippen molar-refractivity contribution >= 4 is 5.91 Å². The summed E-state index contributed by atoms with van der Waals surface area (Å²) in [6.07, 6.45) is -0.430. The van der Waals surface area contributed by atoms with Gasteiger partial charge < -0.3 is 18.9 Å². The van der Waals surface area contributed by atoms with E-state index in [9.17, 15) is 4.79 Å². The lowest BCUT2D eigenvalue weighted by Gasteiger charge is -2.32. The van der Waals surface area contributed by atoms with E-state index < -0.39 is 6.10 Å². The number of aromatic nitrogens is 2. The minimum atomic E-state index is -0.430. The van der Waals surface area contributed by atoms with Crippen LogP contribution in [0.25, 0.3) is 11.4 Å². The number of hydrogen-bond acceptors (Lipinski definition) is 7. The van der Waals surface area contributed by atoms with Crippen LogP contribution in [0, 0.1) is 0 Å². The third kappa shape index (κ3) is 4.17. The average Bonchev–Trinajstić information content (AvgIpc) is 3.46. The maximum Gasteiger partial charge on any atom is 0.257 e. The van der Waals surface area contributed by atoms with Crippen molar-refractivity contribution in [2.75, 3.05) is 33.4 Å². The lowest BCUT2D eigenvalue weighted by molar-refractivity contribution is -0.141. The first-order chi connectivity index (χ1) is 15.2. The van der Waals surface area contributed by atoms with Crippen LogP contribution in [0.3, 0.4) is 0 Å². The summed E-state index contributed by atoms with van der Waals surface area (Å²) in [6.45, 7) is 3.41. The number of amides is 1. The molecule has 8 nitrogen and oxygen atoms in total. The third-order valence-corrected chi connectivity index (χ3v) is 5.73. The number of fused-ring (bicyclic) bond motifs is 1. The summed E-state index contributed by atoms with van der Waals surface area (Å²) < 4.78 is 16.5. The lowest BCUT2D eigenvalue weighted by Crippen LogP contribution is -2.46. The predicted molar refractivity (Wildman–Crippen MR) is 112 cm³/mol. The van der Waals surface area contributed by atoms with E-state index in [0.29, 0.717) is 38.0 Å². The van der Waals surface area contributed by atoms with Gasteiger partial charge in [-0.3, -0.25) is 9.69 Å². The van der Waals surface area contributed by atoms with Gasteiger partial charge in [0.1, 0.15) is 5.75 Å². The minimum Gasteiger partial charge on any atom is -0.497 e. The Morgan fingerprint density at radius 3 is 2.74 bits per heavy atom. The number of methoxy groups -OCH3 is 1. The molecule has 0 N–H and O–H groups in total. The fraction of sp³-hybridized carbons (Fsp3) is 0.348. The highest BCUT2D eigenvalue weighted by atomic mass is 16.5. The maximum absolute atomic E-state index is 12.9. The van der Waals surface area contributed by atoms with Crippen molar-refractivity contribution in [3.05, 3.63) is 65.5 Å². The Hall–Kier alpha value is -3.23. The summed E-state index contributed by atoms with van der Waals surface area (Å²) in [5.41, 5.74) is 3.39. The lowest BCUT2D eigenvalue weighted by atomic mass is 10.1. The van der Waals surface area contributed by atoms with E-state index >= 15 is 0 Å². The van der Waals surface area contributed by atoms with Gasteiger partial charge in [-0.15, -0.1) is 0 Å². The van der Waals surface area contributed by atoms with Crippen molar-refractivity contribution in [3.63, 3.8) is 0 Å². The first-order valence-corrected chi connectivity index (χ1v) is 10.4. The summed E-state index contributed by atoms with van der Waals surface area (Å²) in [7, 11) is 1.61. The van der Waals surface area contributed by atoms with Gasteiger partial charge in [0.2, 0.25) is 11.7 Å². The van der Waals surface area contributed by atoms with E-state index in [1.165, 1.54) is 11.1 Å². The van der Waals surface area contributed by atoms with Crippen LogP contribution in [-0.4, -0.2) is 59.2 Å². The van der Waals surface area contributed by atoms with Gasteiger partial charge in [-0.2, -0.15) is 4.98 Å². The van der Waals surface area contributed by atoms with Crippen molar-refractivity contribution in [2.24, 2.45) is 0 Å². The van der Waals surface area contributed by atoms with Crippen molar-refractivity contribution in [2.45, 2.75) is 19.2 Å². The first kappa shape index (κ1) is 19.7. The number of morpholine rings is 1. The Bertz CT molecular complexity index is 1060. The molecule has 5 rings (SSSR count). The largest absolute Gasteiger partial charge is 0.497 e. The number of benzene rings is 2. The number of ether oxygens (including phenoxy) is 2. The Balaban J connectivity index is 1.22. The van der Waals surface area contributed by atoms with E-state index in [1.807, 2.05) is 41.3 Å². The Kier molecular flexibility index (Phi) is 5.40. The molecule has 0 spiro atoms. The zero-order valence-electron chi connectivity index (χ0n) is 17.4. The zero-order chi connectivity index (χ0) is 21.2. The number of nitrogens with zero attached hydrogens (tertiary/aromatic N) is 4. The van der Waals surface area contributed by atoms with Crippen LogP contribution in [-0.2, 0) is 22.6 Å². The molecule has 0 bridgehead atoms. The van der Waals surface area contributed by atoms with Crippen molar-refractivity contribution in [1.29, 1.82) is 0 Å². The molecule has 31 heavy (non-hydrogen) atoms. The predicted octanol–water partition coefficient (Wildman–Crippen LogP) is 2.66. The molecule has 0 aliphatic carbocycles. The van der Waals surface area contributed by atoms with E-state index in [-0.39, 0.29) is 5.91 Å². The minimum absolute atomic E-state index is 0.0913. The number of carbonyl (C=O) groups excluding carboxylic acids is 1. The molecule has 1 saturated heterocycles. The van der Waals surface area contributed by atoms with Gasteiger partial charge in [-0.1, -0.05) is 41.6 Å². The second-order valence-electron chi connectivity index (χ2n) is 7.80. The highest BCUT2D eigenvalue weighted by Crippen LogP contribution is 2.27.